The third-order valence-corrected chi connectivity index (χ3v) is 4.85. The molecule has 1 aliphatic carbocycles. The summed E-state index contributed by atoms with van der Waals surface area (Å²) in [5.74, 6) is 0.565. The number of hydrogen-bond acceptors (Lipinski definition) is 6. The van der Waals surface area contributed by atoms with E-state index in [1.54, 1.807) is 45.3 Å². The SMILES string of the molecule is Cc1noc2nc(C3CC3)cc(C(=O)Nc3ccc(OCC(=O)N(C)C)cc3)c12. The highest BCUT2D eigenvalue weighted by atomic mass is 16.5. The molecule has 1 N–H and O–H groups in total. The van der Waals surface area contributed by atoms with Crippen LogP contribution in [0.2, 0.25) is 0 Å². The van der Waals surface area contributed by atoms with Gasteiger partial charge in [-0.2, -0.15) is 0 Å². The van der Waals surface area contributed by atoms with Gasteiger partial charge in [0.05, 0.1) is 16.6 Å². The largest absolute Gasteiger partial charge is 0.484 e. The predicted octanol–water partition coefficient (Wildman–Crippen LogP) is 3.13. The Bertz CT molecular complexity index is 1070. The number of nitrogens with one attached hydrogen (secondary N) is 1. The van der Waals surface area contributed by atoms with E-state index in [9.17, 15) is 9.59 Å². The van der Waals surface area contributed by atoms with Crippen LogP contribution in [0.5, 0.6) is 5.75 Å². The summed E-state index contributed by atoms with van der Waals surface area (Å²) in [6.07, 6.45) is 2.15. The Hall–Kier alpha value is -3.42. The number of nitrogens with zero attached hydrogens (tertiary/aromatic N) is 3. The number of aromatic nitrogens is 2. The predicted molar refractivity (Wildman–Crippen MR) is 107 cm³/mol. The number of anilines is 1. The van der Waals surface area contributed by atoms with Crippen LogP contribution >= 0.6 is 0 Å². The van der Waals surface area contributed by atoms with Gasteiger partial charge in [0.25, 0.3) is 17.5 Å². The van der Waals surface area contributed by atoms with Crippen LogP contribution in [0.4, 0.5) is 5.69 Å². The Kier molecular flexibility index (Phi) is 4.92. The quantitative estimate of drug-likeness (QED) is 0.690. The van der Waals surface area contributed by atoms with Crippen molar-refractivity contribution in [3.05, 3.63) is 47.3 Å². The molecule has 0 aliphatic heterocycles. The van der Waals surface area contributed by atoms with Crippen molar-refractivity contribution in [2.45, 2.75) is 25.7 Å². The maximum absolute atomic E-state index is 13.0. The Morgan fingerprint density at radius 1 is 1.24 bits per heavy atom. The van der Waals surface area contributed by atoms with Crippen molar-refractivity contribution in [3.8, 4) is 5.75 Å². The molecule has 8 heteroatoms. The minimum absolute atomic E-state index is 0.0373. The molecule has 1 fully saturated rings. The molecule has 0 spiro atoms. The number of aryl methyl sites for hydroxylation is 1. The number of carbonyl (C=O) groups excluding carboxylic acids is 2. The molecule has 0 atom stereocenters. The zero-order chi connectivity index (χ0) is 20.5. The summed E-state index contributed by atoms with van der Waals surface area (Å²) in [6.45, 7) is 1.76. The summed E-state index contributed by atoms with van der Waals surface area (Å²) in [5, 5.41) is 7.49. The van der Waals surface area contributed by atoms with E-state index < -0.39 is 0 Å². The summed E-state index contributed by atoms with van der Waals surface area (Å²) in [6, 6.07) is 8.72. The highest BCUT2D eigenvalue weighted by Gasteiger charge is 2.28. The first-order valence-corrected chi connectivity index (χ1v) is 9.43. The van der Waals surface area contributed by atoms with E-state index in [0.717, 1.165) is 18.5 Å². The molecular formula is C21H22N4O4. The maximum Gasteiger partial charge on any atom is 0.259 e. The fourth-order valence-corrected chi connectivity index (χ4v) is 2.99. The molecule has 29 heavy (non-hydrogen) atoms. The molecule has 0 saturated heterocycles. The third kappa shape index (κ3) is 4.06. The standard InChI is InChI=1S/C21H22N4O4/c1-12-19-16(10-17(13-4-5-13)23-21(19)29-24-12)20(27)22-14-6-8-15(9-7-14)28-11-18(26)25(2)3/h6-10,13H,4-5,11H2,1-3H3,(H,22,27). The number of rotatable bonds is 6. The van der Waals surface area contributed by atoms with Gasteiger partial charge in [-0.1, -0.05) is 5.16 Å². The normalized spacial score (nSPS) is 13.3. The lowest BCUT2D eigenvalue weighted by atomic mass is 10.1. The summed E-state index contributed by atoms with van der Waals surface area (Å²) in [7, 11) is 3.35. The van der Waals surface area contributed by atoms with Gasteiger partial charge in [0.2, 0.25) is 0 Å². The molecule has 8 nitrogen and oxygen atoms in total. The van der Waals surface area contributed by atoms with E-state index in [0.29, 0.717) is 39.7 Å². The van der Waals surface area contributed by atoms with E-state index >= 15 is 0 Å². The number of fused-ring (bicyclic) bond motifs is 1. The van der Waals surface area contributed by atoms with Crippen molar-refractivity contribution in [2.75, 3.05) is 26.0 Å². The average Bonchev–Trinajstić information content (AvgIpc) is 3.50. The van der Waals surface area contributed by atoms with Gasteiger partial charge in [-0.15, -0.1) is 0 Å². The van der Waals surface area contributed by atoms with E-state index in [1.807, 2.05) is 6.07 Å². The second-order valence-corrected chi connectivity index (χ2v) is 7.37. The number of likely N-dealkylation sites (N-methyl/N-ethyl adjacent to an activating group) is 1. The van der Waals surface area contributed by atoms with Gasteiger partial charge in [0.1, 0.15) is 5.75 Å². The Morgan fingerprint density at radius 3 is 2.62 bits per heavy atom. The smallest absolute Gasteiger partial charge is 0.259 e. The molecular weight excluding hydrogens is 372 g/mol. The Balaban J connectivity index is 1.51. The van der Waals surface area contributed by atoms with Crippen LogP contribution in [-0.4, -0.2) is 47.6 Å². The zero-order valence-corrected chi connectivity index (χ0v) is 16.6. The molecule has 1 aliphatic rings. The fraction of sp³-hybridized carbons (Fsp3) is 0.333. The Morgan fingerprint density at radius 2 is 1.97 bits per heavy atom. The number of hydrogen-bond donors (Lipinski definition) is 1. The summed E-state index contributed by atoms with van der Waals surface area (Å²) in [5.41, 5.74) is 3.02. The number of pyridine rings is 1. The van der Waals surface area contributed by atoms with E-state index in [1.165, 1.54) is 4.90 Å². The van der Waals surface area contributed by atoms with Gasteiger partial charge < -0.3 is 19.5 Å². The van der Waals surface area contributed by atoms with Crippen molar-refractivity contribution in [2.24, 2.45) is 0 Å². The van der Waals surface area contributed by atoms with Gasteiger partial charge in [0, 0.05) is 31.4 Å². The molecule has 0 unspecified atom stereocenters. The van der Waals surface area contributed by atoms with Crippen LogP contribution < -0.4 is 10.1 Å². The minimum atomic E-state index is -0.248. The highest BCUT2D eigenvalue weighted by molar-refractivity contribution is 6.12. The monoisotopic (exact) mass is 394 g/mol. The van der Waals surface area contributed by atoms with E-state index in [-0.39, 0.29) is 18.4 Å². The van der Waals surface area contributed by atoms with Crippen LogP contribution in [0.1, 0.15) is 40.5 Å². The first kappa shape index (κ1) is 18.9. The molecule has 1 aromatic carbocycles. The lowest BCUT2D eigenvalue weighted by Crippen LogP contribution is -2.27. The molecule has 1 saturated carbocycles. The molecule has 4 rings (SSSR count). The highest BCUT2D eigenvalue weighted by Crippen LogP contribution is 2.40. The summed E-state index contributed by atoms with van der Waals surface area (Å²) in [4.78, 5) is 30.5. The van der Waals surface area contributed by atoms with Crippen LogP contribution in [0, 0.1) is 6.92 Å². The average molecular weight is 394 g/mol. The number of carbonyl (C=O) groups is 2. The van der Waals surface area contributed by atoms with Crippen LogP contribution in [0.15, 0.2) is 34.9 Å². The second kappa shape index (κ2) is 7.54. The van der Waals surface area contributed by atoms with Gasteiger partial charge in [-0.3, -0.25) is 9.59 Å². The fourth-order valence-electron chi connectivity index (χ4n) is 2.99. The van der Waals surface area contributed by atoms with Gasteiger partial charge >= 0.3 is 0 Å². The van der Waals surface area contributed by atoms with Crippen molar-refractivity contribution in [1.29, 1.82) is 0 Å². The number of benzene rings is 1. The van der Waals surface area contributed by atoms with Crippen LogP contribution in [0.25, 0.3) is 11.1 Å². The maximum atomic E-state index is 13.0. The van der Waals surface area contributed by atoms with E-state index in [2.05, 4.69) is 15.5 Å². The molecule has 150 valence electrons. The summed E-state index contributed by atoms with van der Waals surface area (Å²) >= 11 is 0. The lowest BCUT2D eigenvalue weighted by Gasteiger charge is -2.12. The third-order valence-electron chi connectivity index (χ3n) is 4.85. The molecule has 0 radical (unpaired) electrons. The van der Waals surface area contributed by atoms with Crippen LogP contribution in [-0.2, 0) is 4.79 Å². The first-order chi connectivity index (χ1) is 13.9. The van der Waals surface area contributed by atoms with Gasteiger partial charge in [-0.05, 0) is 50.1 Å². The molecule has 3 aromatic rings. The molecule has 2 heterocycles. The lowest BCUT2D eigenvalue weighted by molar-refractivity contribution is -0.130. The molecule has 2 aromatic heterocycles. The van der Waals surface area contributed by atoms with Crippen molar-refractivity contribution in [1.82, 2.24) is 15.0 Å². The first-order valence-electron chi connectivity index (χ1n) is 9.43. The molecule has 2 amide bonds. The number of amides is 2. The van der Waals surface area contributed by atoms with Crippen LogP contribution in [0.3, 0.4) is 0 Å². The van der Waals surface area contributed by atoms with Gasteiger partial charge in [-0.25, -0.2) is 4.98 Å². The minimum Gasteiger partial charge on any atom is -0.484 e. The zero-order valence-electron chi connectivity index (χ0n) is 16.6. The van der Waals surface area contributed by atoms with Crippen molar-refractivity contribution in [3.63, 3.8) is 0 Å². The van der Waals surface area contributed by atoms with Crippen molar-refractivity contribution >= 4 is 28.6 Å². The topological polar surface area (TPSA) is 97.6 Å². The second-order valence-electron chi connectivity index (χ2n) is 7.37. The summed E-state index contributed by atoms with van der Waals surface area (Å²) < 4.78 is 10.8. The van der Waals surface area contributed by atoms with Crippen molar-refractivity contribution < 1.29 is 18.8 Å². The van der Waals surface area contributed by atoms with Gasteiger partial charge in [0.15, 0.2) is 6.61 Å². The molecule has 0 bridgehead atoms. The number of ether oxygens (including phenoxy) is 1. The Labute approximate surface area is 167 Å². The van der Waals surface area contributed by atoms with E-state index in [4.69, 9.17) is 9.26 Å².